The zero-order chi connectivity index (χ0) is 13.7. The van der Waals surface area contributed by atoms with Crippen molar-refractivity contribution in [3.05, 3.63) is 50.1 Å². The van der Waals surface area contributed by atoms with Crippen LogP contribution >= 0.6 is 0 Å². The van der Waals surface area contributed by atoms with Crippen LogP contribution in [-0.4, -0.2) is 27.8 Å². The largest absolute Gasteiger partial charge is 0.390 e. The van der Waals surface area contributed by atoms with Gasteiger partial charge in [-0.25, -0.2) is 4.39 Å². The molecule has 9 heteroatoms. The van der Waals surface area contributed by atoms with Gasteiger partial charge >= 0.3 is 0 Å². The number of hydrogen-bond acceptors (Lipinski definition) is 5. The number of halogens is 1. The molecule has 0 amide bonds. The van der Waals surface area contributed by atoms with E-state index in [1.807, 2.05) is 0 Å². The second-order valence-electron chi connectivity index (χ2n) is 3.39. The third kappa shape index (κ3) is 3.14. The maximum Gasteiger partial charge on any atom is 0.278 e. The van der Waals surface area contributed by atoms with Crippen molar-refractivity contribution >= 4 is 5.69 Å². The second kappa shape index (κ2) is 5.92. The molecule has 0 heterocycles. The Kier molecular flexibility index (Phi) is 4.55. The summed E-state index contributed by atoms with van der Waals surface area (Å²) in [7, 11) is 0. The van der Waals surface area contributed by atoms with Crippen LogP contribution in [0, 0.1) is 15.9 Å². The molecular formula is C9H9FN4O4. The molecule has 0 saturated heterocycles. The molecule has 0 aliphatic carbocycles. The van der Waals surface area contributed by atoms with Crippen LogP contribution in [0.15, 0.2) is 23.3 Å². The van der Waals surface area contributed by atoms with Gasteiger partial charge in [-0.3, -0.25) is 10.1 Å². The molecule has 0 bridgehead atoms. The number of nitro benzene ring substituents is 1. The first-order valence-corrected chi connectivity index (χ1v) is 4.78. The number of nitro groups is 1. The zero-order valence-electron chi connectivity index (χ0n) is 8.97. The van der Waals surface area contributed by atoms with Gasteiger partial charge in [0.15, 0.2) is 0 Å². The third-order valence-corrected chi connectivity index (χ3v) is 2.20. The molecular weight excluding hydrogens is 247 g/mol. The number of azide groups is 1. The third-order valence-electron chi connectivity index (χ3n) is 2.20. The number of nitrogens with zero attached hydrogens (tertiary/aromatic N) is 4. The highest BCUT2D eigenvalue weighted by molar-refractivity contribution is 5.42. The first-order valence-electron chi connectivity index (χ1n) is 4.78. The van der Waals surface area contributed by atoms with Crippen molar-refractivity contribution in [2.75, 3.05) is 6.54 Å². The first-order chi connectivity index (χ1) is 8.47. The van der Waals surface area contributed by atoms with E-state index in [-0.39, 0.29) is 5.56 Å². The SMILES string of the molecule is [N-]=[N+]=NCC(O)C(O)c1ccc(F)cc1[N+](=O)[O-]. The molecule has 0 fully saturated rings. The molecule has 0 spiro atoms. The van der Waals surface area contributed by atoms with Crippen LogP contribution in [-0.2, 0) is 0 Å². The van der Waals surface area contributed by atoms with Crippen molar-refractivity contribution < 1.29 is 19.5 Å². The molecule has 96 valence electrons. The lowest BCUT2D eigenvalue weighted by Gasteiger charge is -2.16. The minimum absolute atomic E-state index is 0.248. The predicted molar refractivity (Wildman–Crippen MR) is 58.0 cm³/mol. The fourth-order valence-electron chi connectivity index (χ4n) is 1.35. The quantitative estimate of drug-likeness (QED) is 0.271. The van der Waals surface area contributed by atoms with Crippen LogP contribution in [0.5, 0.6) is 0 Å². The molecule has 8 nitrogen and oxygen atoms in total. The van der Waals surface area contributed by atoms with Gasteiger partial charge < -0.3 is 10.2 Å². The topological polar surface area (TPSA) is 132 Å². The Morgan fingerprint density at radius 1 is 1.56 bits per heavy atom. The van der Waals surface area contributed by atoms with E-state index >= 15 is 0 Å². The highest BCUT2D eigenvalue weighted by Gasteiger charge is 2.26. The average Bonchev–Trinajstić information content (AvgIpc) is 2.34. The summed E-state index contributed by atoms with van der Waals surface area (Å²) >= 11 is 0. The molecule has 2 unspecified atom stereocenters. The first kappa shape index (κ1) is 13.8. The van der Waals surface area contributed by atoms with Gasteiger partial charge in [-0.2, -0.15) is 0 Å². The molecule has 0 saturated carbocycles. The lowest BCUT2D eigenvalue weighted by atomic mass is 10.0. The Labute approximate surface area is 100 Å². The Hall–Kier alpha value is -2.22. The van der Waals surface area contributed by atoms with Crippen LogP contribution in [0.3, 0.4) is 0 Å². The van der Waals surface area contributed by atoms with Crippen molar-refractivity contribution in [2.45, 2.75) is 12.2 Å². The Morgan fingerprint density at radius 3 is 2.78 bits per heavy atom. The smallest absolute Gasteiger partial charge is 0.278 e. The summed E-state index contributed by atoms with van der Waals surface area (Å²) in [6.07, 6.45) is -3.15. The minimum atomic E-state index is -1.64. The highest BCUT2D eigenvalue weighted by Crippen LogP contribution is 2.28. The monoisotopic (exact) mass is 256 g/mol. The second-order valence-corrected chi connectivity index (χ2v) is 3.39. The van der Waals surface area contributed by atoms with Crippen molar-refractivity contribution in [2.24, 2.45) is 5.11 Å². The summed E-state index contributed by atoms with van der Waals surface area (Å²) in [5, 5.41) is 32.8. The summed E-state index contributed by atoms with van der Waals surface area (Å²) in [6, 6.07) is 2.56. The summed E-state index contributed by atoms with van der Waals surface area (Å²) in [5.41, 5.74) is 7.16. The maximum absolute atomic E-state index is 12.9. The number of hydrogen-bond donors (Lipinski definition) is 2. The fourth-order valence-corrected chi connectivity index (χ4v) is 1.35. The number of rotatable bonds is 5. The van der Waals surface area contributed by atoms with Crippen LogP contribution in [0.4, 0.5) is 10.1 Å². The van der Waals surface area contributed by atoms with Crippen LogP contribution in [0.25, 0.3) is 10.4 Å². The van der Waals surface area contributed by atoms with Crippen molar-refractivity contribution in [1.82, 2.24) is 0 Å². The van der Waals surface area contributed by atoms with Crippen molar-refractivity contribution in [1.29, 1.82) is 0 Å². The summed E-state index contributed by atoms with van der Waals surface area (Å²) in [5.74, 6) is -0.831. The van der Waals surface area contributed by atoms with Gasteiger partial charge in [-0.15, -0.1) is 0 Å². The minimum Gasteiger partial charge on any atom is -0.390 e. The molecule has 1 aromatic rings. The van der Waals surface area contributed by atoms with E-state index in [4.69, 9.17) is 5.53 Å². The summed E-state index contributed by atoms with van der Waals surface area (Å²) in [4.78, 5) is 12.2. The van der Waals surface area contributed by atoms with Gasteiger partial charge in [0.25, 0.3) is 5.69 Å². The van der Waals surface area contributed by atoms with Gasteiger partial charge in [0.1, 0.15) is 11.9 Å². The lowest BCUT2D eigenvalue weighted by molar-refractivity contribution is -0.386. The maximum atomic E-state index is 12.9. The number of aliphatic hydroxyl groups excluding tert-OH is 2. The molecule has 1 rings (SSSR count). The van der Waals surface area contributed by atoms with E-state index in [2.05, 4.69) is 10.0 Å². The molecule has 0 radical (unpaired) electrons. The Morgan fingerprint density at radius 2 is 2.22 bits per heavy atom. The molecule has 0 aromatic heterocycles. The Balaban J connectivity index is 3.08. The molecule has 18 heavy (non-hydrogen) atoms. The standard InChI is InChI=1S/C9H9FN4O4/c10-5-1-2-6(7(3-5)14(17)18)9(16)8(15)4-12-13-11/h1-3,8-9,15-16H,4H2. The van der Waals surface area contributed by atoms with Crippen molar-refractivity contribution in [3.8, 4) is 0 Å². The van der Waals surface area contributed by atoms with E-state index in [1.165, 1.54) is 0 Å². The molecule has 2 atom stereocenters. The van der Waals surface area contributed by atoms with Gasteiger partial charge in [0.2, 0.25) is 0 Å². The lowest BCUT2D eigenvalue weighted by Crippen LogP contribution is -2.22. The molecule has 0 aliphatic heterocycles. The number of aliphatic hydroxyl groups is 2. The summed E-state index contributed by atoms with van der Waals surface area (Å²) in [6.45, 7) is -0.452. The van der Waals surface area contributed by atoms with Crippen LogP contribution < -0.4 is 0 Å². The van der Waals surface area contributed by atoms with E-state index < -0.39 is 35.2 Å². The molecule has 2 N–H and O–H groups in total. The highest BCUT2D eigenvalue weighted by atomic mass is 19.1. The molecule has 0 aliphatic rings. The fraction of sp³-hybridized carbons (Fsp3) is 0.333. The van der Waals surface area contributed by atoms with Gasteiger partial charge in [-0.1, -0.05) is 5.11 Å². The van der Waals surface area contributed by atoms with E-state index in [0.717, 1.165) is 12.1 Å². The van der Waals surface area contributed by atoms with E-state index in [1.54, 1.807) is 0 Å². The summed E-state index contributed by atoms with van der Waals surface area (Å²) < 4.78 is 12.9. The van der Waals surface area contributed by atoms with E-state index in [9.17, 15) is 24.7 Å². The van der Waals surface area contributed by atoms with Crippen LogP contribution in [0.2, 0.25) is 0 Å². The zero-order valence-corrected chi connectivity index (χ0v) is 8.97. The van der Waals surface area contributed by atoms with Crippen LogP contribution in [0.1, 0.15) is 11.7 Å². The average molecular weight is 256 g/mol. The predicted octanol–water partition coefficient (Wildman–Crippen LogP) is 1.44. The van der Waals surface area contributed by atoms with Gasteiger partial charge in [0.05, 0.1) is 29.2 Å². The van der Waals surface area contributed by atoms with Crippen molar-refractivity contribution in [3.63, 3.8) is 0 Å². The van der Waals surface area contributed by atoms with E-state index in [0.29, 0.717) is 6.07 Å². The number of benzene rings is 1. The normalized spacial score (nSPS) is 13.5. The van der Waals surface area contributed by atoms with Gasteiger partial charge in [-0.05, 0) is 17.7 Å². The Bertz CT molecular complexity index is 503. The molecule has 1 aromatic carbocycles. The van der Waals surface area contributed by atoms with Gasteiger partial charge in [0, 0.05) is 4.91 Å².